The molecule has 2 heterocycles. The molecule has 0 saturated carbocycles. The van der Waals surface area contributed by atoms with Gasteiger partial charge in [-0.05, 0) is 43.5 Å². The van der Waals surface area contributed by atoms with Crippen LogP contribution in [0.15, 0.2) is 53.4 Å². The van der Waals surface area contributed by atoms with Gasteiger partial charge >= 0.3 is 0 Å². The van der Waals surface area contributed by atoms with Crippen LogP contribution < -0.4 is 9.62 Å². The summed E-state index contributed by atoms with van der Waals surface area (Å²) >= 11 is 0. The van der Waals surface area contributed by atoms with E-state index in [2.05, 4.69) is 27.6 Å². The zero-order valence-corrected chi connectivity index (χ0v) is 16.0. The molecule has 0 bridgehead atoms. The number of anilines is 1. The smallest absolute Gasteiger partial charge is 0.240 e. The van der Waals surface area contributed by atoms with E-state index in [0.717, 1.165) is 48.2 Å². The molecule has 3 aromatic rings. The second-order valence-electron chi connectivity index (χ2n) is 6.76. The first-order valence-corrected chi connectivity index (χ1v) is 10.6. The highest BCUT2D eigenvalue weighted by Crippen LogP contribution is 2.29. The van der Waals surface area contributed by atoms with Crippen LogP contribution in [0.1, 0.15) is 24.2 Å². The average molecular weight is 382 g/mol. The second-order valence-corrected chi connectivity index (χ2v) is 8.53. The second kappa shape index (κ2) is 7.25. The van der Waals surface area contributed by atoms with Crippen molar-refractivity contribution >= 4 is 26.7 Å². The molecule has 140 valence electrons. The summed E-state index contributed by atoms with van der Waals surface area (Å²) in [5, 5.41) is 1.05. The molecule has 0 amide bonds. The van der Waals surface area contributed by atoms with Gasteiger partial charge in [-0.2, -0.15) is 0 Å². The third-order valence-electron chi connectivity index (χ3n) is 4.84. The number of benzene rings is 2. The maximum absolute atomic E-state index is 12.5. The molecule has 1 aliphatic rings. The Labute approximate surface area is 159 Å². The van der Waals surface area contributed by atoms with Gasteiger partial charge in [0.15, 0.2) is 0 Å². The number of fused-ring (bicyclic) bond motifs is 1. The molecule has 27 heavy (non-hydrogen) atoms. The Morgan fingerprint density at radius 3 is 2.48 bits per heavy atom. The van der Waals surface area contributed by atoms with Crippen molar-refractivity contribution in [2.24, 2.45) is 0 Å². The predicted molar refractivity (Wildman–Crippen MR) is 106 cm³/mol. The van der Waals surface area contributed by atoms with Crippen molar-refractivity contribution in [1.82, 2.24) is 14.7 Å². The molecule has 7 heteroatoms. The minimum absolute atomic E-state index is 0.0575. The summed E-state index contributed by atoms with van der Waals surface area (Å²) in [5.74, 6) is 1.39. The zero-order chi connectivity index (χ0) is 18.9. The van der Waals surface area contributed by atoms with Crippen molar-refractivity contribution < 1.29 is 8.42 Å². The van der Waals surface area contributed by atoms with Gasteiger partial charge in [0.05, 0.1) is 17.0 Å². The summed E-state index contributed by atoms with van der Waals surface area (Å²) in [7, 11) is -3.60. The maximum atomic E-state index is 12.5. The fourth-order valence-corrected chi connectivity index (χ4v) is 4.46. The van der Waals surface area contributed by atoms with Gasteiger partial charge < -0.3 is 4.90 Å². The SMILES string of the molecule is Cc1cccc2nc(CNS(=O)(=O)c3ccccc3)nc(N3CCCC3)c12. The lowest BCUT2D eigenvalue weighted by atomic mass is 10.1. The summed E-state index contributed by atoms with van der Waals surface area (Å²) in [6.45, 7) is 4.05. The standard InChI is InChI=1S/C20H22N4O2S/c1-15-8-7-11-17-19(15)20(24-12-5-6-13-24)23-18(22-17)14-21-27(25,26)16-9-3-2-4-10-16/h2-4,7-11,21H,5-6,12-14H2,1H3. The topological polar surface area (TPSA) is 75.2 Å². The van der Waals surface area contributed by atoms with Gasteiger partial charge in [-0.15, -0.1) is 0 Å². The molecule has 1 aromatic heterocycles. The van der Waals surface area contributed by atoms with Crippen molar-refractivity contribution in [1.29, 1.82) is 0 Å². The normalized spacial score (nSPS) is 14.8. The van der Waals surface area contributed by atoms with Crippen LogP contribution >= 0.6 is 0 Å². The Morgan fingerprint density at radius 1 is 1.00 bits per heavy atom. The average Bonchev–Trinajstić information content (AvgIpc) is 3.21. The molecular weight excluding hydrogens is 360 g/mol. The lowest BCUT2D eigenvalue weighted by molar-refractivity contribution is 0.579. The monoisotopic (exact) mass is 382 g/mol. The van der Waals surface area contributed by atoms with Crippen LogP contribution in [0, 0.1) is 6.92 Å². The van der Waals surface area contributed by atoms with E-state index in [1.54, 1.807) is 30.3 Å². The Kier molecular flexibility index (Phi) is 4.80. The van der Waals surface area contributed by atoms with Crippen molar-refractivity contribution in [3.63, 3.8) is 0 Å². The molecule has 0 spiro atoms. The number of rotatable bonds is 5. The molecule has 1 saturated heterocycles. The van der Waals surface area contributed by atoms with Crippen LogP contribution in [0.25, 0.3) is 10.9 Å². The number of sulfonamides is 1. The molecule has 2 aromatic carbocycles. The van der Waals surface area contributed by atoms with Crippen LogP contribution in [0.5, 0.6) is 0 Å². The summed E-state index contributed by atoms with van der Waals surface area (Å²) < 4.78 is 27.6. The largest absolute Gasteiger partial charge is 0.356 e. The molecule has 4 rings (SSSR count). The summed E-state index contributed by atoms with van der Waals surface area (Å²) in [5.41, 5.74) is 1.98. The van der Waals surface area contributed by atoms with Crippen molar-refractivity contribution in [3.05, 3.63) is 59.9 Å². The Morgan fingerprint density at radius 2 is 1.74 bits per heavy atom. The van der Waals surface area contributed by atoms with Gasteiger partial charge in [0.25, 0.3) is 0 Å². The van der Waals surface area contributed by atoms with E-state index in [1.807, 2.05) is 12.1 Å². The number of nitrogens with zero attached hydrogens (tertiary/aromatic N) is 3. The number of hydrogen-bond donors (Lipinski definition) is 1. The van der Waals surface area contributed by atoms with Crippen molar-refractivity contribution in [3.8, 4) is 0 Å². The van der Waals surface area contributed by atoms with Crippen molar-refractivity contribution in [2.75, 3.05) is 18.0 Å². The minimum atomic E-state index is -3.60. The van der Waals surface area contributed by atoms with E-state index in [1.165, 1.54) is 0 Å². The van der Waals surface area contributed by atoms with Crippen LogP contribution in [-0.4, -0.2) is 31.5 Å². The van der Waals surface area contributed by atoms with Gasteiger partial charge in [0.2, 0.25) is 10.0 Å². The number of aryl methyl sites for hydroxylation is 1. The maximum Gasteiger partial charge on any atom is 0.240 e. The molecule has 0 unspecified atom stereocenters. The molecule has 0 radical (unpaired) electrons. The van der Waals surface area contributed by atoms with Crippen LogP contribution in [-0.2, 0) is 16.6 Å². The van der Waals surface area contributed by atoms with E-state index in [9.17, 15) is 8.42 Å². The van der Waals surface area contributed by atoms with E-state index in [-0.39, 0.29) is 11.4 Å². The highest BCUT2D eigenvalue weighted by Gasteiger charge is 2.20. The lowest BCUT2D eigenvalue weighted by Crippen LogP contribution is -2.26. The molecule has 1 N–H and O–H groups in total. The van der Waals surface area contributed by atoms with Crippen LogP contribution in [0.4, 0.5) is 5.82 Å². The zero-order valence-electron chi connectivity index (χ0n) is 15.2. The first-order valence-electron chi connectivity index (χ1n) is 9.10. The quantitative estimate of drug-likeness (QED) is 0.734. The van der Waals surface area contributed by atoms with Crippen LogP contribution in [0.2, 0.25) is 0 Å². The lowest BCUT2D eigenvalue weighted by Gasteiger charge is -2.20. The summed E-state index contributed by atoms with van der Waals surface area (Å²) in [6, 6.07) is 14.3. The Balaban J connectivity index is 1.68. The van der Waals surface area contributed by atoms with Gasteiger partial charge in [-0.3, -0.25) is 0 Å². The van der Waals surface area contributed by atoms with Gasteiger partial charge in [-0.25, -0.2) is 23.1 Å². The fourth-order valence-electron chi connectivity index (χ4n) is 3.46. The number of aromatic nitrogens is 2. The van der Waals surface area contributed by atoms with E-state index in [0.29, 0.717) is 5.82 Å². The first kappa shape index (κ1) is 17.9. The van der Waals surface area contributed by atoms with E-state index in [4.69, 9.17) is 4.98 Å². The summed E-state index contributed by atoms with van der Waals surface area (Å²) in [6.07, 6.45) is 2.29. The number of hydrogen-bond acceptors (Lipinski definition) is 5. The highest BCUT2D eigenvalue weighted by molar-refractivity contribution is 7.89. The summed E-state index contributed by atoms with van der Waals surface area (Å²) in [4.78, 5) is 11.8. The van der Waals surface area contributed by atoms with E-state index < -0.39 is 10.0 Å². The van der Waals surface area contributed by atoms with E-state index >= 15 is 0 Å². The van der Waals surface area contributed by atoms with Gasteiger partial charge in [0, 0.05) is 18.5 Å². The molecular formula is C20H22N4O2S. The molecule has 6 nitrogen and oxygen atoms in total. The van der Waals surface area contributed by atoms with Crippen LogP contribution in [0.3, 0.4) is 0 Å². The minimum Gasteiger partial charge on any atom is -0.356 e. The molecule has 1 aliphatic heterocycles. The third-order valence-corrected chi connectivity index (χ3v) is 6.26. The predicted octanol–water partition coefficient (Wildman–Crippen LogP) is 3.02. The first-order chi connectivity index (χ1) is 13.0. The molecule has 0 aliphatic carbocycles. The third kappa shape index (κ3) is 3.65. The number of nitrogens with one attached hydrogen (secondary N) is 1. The van der Waals surface area contributed by atoms with Gasteiger partial charge in [0.1, 0.15) is 11.6 Å². The molecule has 1 fully saturated rings. The Hall–Kier alpha value is -2.51. The van der Waals surface area contributed by atoms with Crippen molar-refractivity contribution in [2.45, 2.75) is 31.2 Å². The van der Waals surface area contributed by atoms with Gasteiger partial charge in [-0.1, -0.05) is 30.3 Å². The highest BCUT2D eigenvalue weighted by atomic mass is 32.2. The molecule has 0 atom stereocenters. The fraction of sp³-hybridized carbons (Fsp3) is 0.300. The Bertz CT molecular complexity index is 1060.